The van der Waals surface area contributed by atoms with Gasteiger partial charge in [-0.2, -0.15) is 0 Å². The van der Waals surface area contributed by atoms with Crippen LogP contribution < -0.4 is 4.13 Å². The molecule has 2 aromatic heterocycles. The molecule has 12 heteroatoms. The number of sulfonamides is 2. The number of halogens is 1. The zero-order valence-electron chi connectivity index (χ0n) is 11.6. The number of rotatable bonds is 5. The van der Waals surface area contributed by atoms with Crippen LogP contribution >= 0.6 is 34.3 Å². The van der Waals surface area contributed by atoms with E-state index in [1.54, 1.807) is 28.4 Å². The lowest BCUT2D eigenvalue weighted by Crippen LogP contribution is -2.30. The Labute approximate surface area is 151 Å². The summed E-state index contributed by atoms with van der Waals surface area (Å²) in [6.07, 6.45) is 0. The number of hydrogen-bond donors (Lipinski definition) is 1. The van der Waals surface area contributed by atoms with Gasteiger partial charge in [0, 0.05) is 5.56 Å². The Morgan fingerprint density at radius 3 is 2.38 bits per heavy atom. The van der Waals surface area contributed by atoms with Gasteiger partial charge in [-0.05, 0) is 17.5 Å². The molecule has 3 rings (SSSR count). The van der Waals surface area contributed by atoms with Crippen molar-refractivity contribution < 1.29 is 16.8 Å². The molecule has 0 saturated heterocycles. The third-order valence-corrected chi connectivity index (χ3v) is 9.28. The summed E-state index contributed by atoms with van der Waals surface area (Å²) in [5.41, 5.74) is 0.513. The highest BCUT2D eigenvalue weighted by molar-refractivity contribution is 8.06. The molecule has 0 radical (unpaired) electrons. The summed E-state index contributed by atoms with van der Waals surface area (Å²) in [7, 11) is -8.57. The number of thiophene rings is 1. The molecule has 7 nitrogen and oxygen atoms in total. The molecule has 0 aliphatic carbocycles. The van der Waals surface area contributed by atoms with Gasteiger partial charge in [0.15, 0.2) is 0 Å². The minimum absolute atomic E-state index is 0.109. The first-order valence-electron chi connectivity index (χ1n) is 6.20. The normalized spacial score (nSPS) is 12.4. The third-order valence-electron chi connectivity index (χ3n) is 2.72. The number of nitrogens with one attached hydrogen (secondary N) is 1. The lowest BCUT2D eigenvalue weighted by atomic mass is 10.2. The maximum atomic E-state index is 12.3. The minimum Gasteiger partial charge on any atom is -0.205 e. The van der Waals surface area contributed by atoms with Gasteiger partial charge in [-0.25, -0.2) is 16.8 Å². The van der Waals surface area contributed by atoms with E-state index in [1.807, 2.05) is 0 Å². The molecule has 1 aromatic carbocycles. The predicted octanol–water partition coefficient (Wildman–Crippen LogP) is 2.59. The number of aromatic nitrogens is 2. The summed E-state index contributed by atoms with van der Waals surface area (Å²) < 4.78 is 49.8. The smallest absolute Gasteiger partial charge is 0.205 e. The van der Waals surface area contributed by atoms with Crippen LogP contribution in [0, 0.1) is 0 Å². The van der Waals surface area contributed by atoms with Gasteiger partial charge >= 0.3 is 0 Å². The minimum atomic E-state index is -4.37. The molecule has 0 unspecified atom stereocenters. The van der Waals surface area contributed by atoms with Crippen molar-refractivity contribution in [2.45, 2.75) is 8.55 Å². The Kier molecular flexibility index (Phi) is 4.73. The zero-order valence-corrected chi connectivity index (χ0v) is 15.6. The van der Waals surface area contributed by atoms with E-state index in [4.69, 9.17) is 11.6 Å². The van der Waals surface area contributed by atoms with Crippen molar-refractivity contribution in [3.05, 3.63) is 46.8 Å². The highest BCUT2D eigenvalue weighted by Gasteiger charge is 2.29. The largest absolute Gasteiger partial charge is 0.283 e. The summed E-state index contributed by atoms with van der Waals surface area (Å²) in [6.45, 7) is 0. The second-order valence-corrected chi connectivity index (χ2v) is 10.7. The Balaban J connectivity index is 1.93. The molecule has 0 aliphatic rings. The highest BCUT2D eigenvalue weighted by atomic mass is 35.5. The summed E-state index contributed by atoms with van der Waals surface area (Å²) in [5.74, 6) is 0. The summed E-state index contributed by atoms with van der Waals surface area (Å²) in [4.78, 5) is 0. The van der Waals surface area contributed by atoms with E-state index in [-0.39, 0.29) is 9.22 Å². The van der Waals surface area contributed by atoms with E-state index in [2.05, 4.69) is 10.2 Å². The van der Waals surface area contributed by atoms with Crippen LogP contribution in [0.5, 0.6) is 0 Å². The predicted molar refractivity (Wildman–Crippen MR) is 92.2 cm³/mol. The highest BCUT2D eigenvalue weighted by Crippen LogP contribution is 2.31. The van der Waals surface area contributed by atoms with Crippen LogP contribution in [0.1, 0.15) is 0 Å². The summed E-state index contributed by atoms with van der Waals surface area (Å²) in [5, 5.41) is 9.54. The monoisotopic (exact) mass is 421 g/mol. The van der Waals surface area contributed by atoms with Gasteiger partial charge in [-0.15, -0.1) is 21.5 Å². The van der Waals surface area contributed by atoms with Crippen LogP contribution in [-0.2, 0) is 20.0 Å². The van der Waals surface area contributed by atoms with Gasteiger partial charge in [0.05, 0.1) is 5.02 Å². The van der Waals surface area contributed by atoms with Gasteiger partial charge in [-0.3, -0.25) is 0 Å². The van der Waals surface area contributed by atoms with Crippen molar-refractivity contribution in [3.63, 3.8) is 0 Å². The van der Waals surface area contributed by atoms with E-state index < -0.39 is 24.4 Å². The lowest BCUT2D eigenvalue weighted by Gasteiger charge is -2.02. The Hall–Kier alpha value is -1.37. The van der Waals surface area contributed by atoms with Crippen LogP contribution in [-0.4, -0.2) is 27.0 Å². The van der Waals surface area contributed by atoms with E-state index in [0.717, 1.165) is 22.7 Å². The fourth-order valence-corrected chi connectivity index (χ4v) is 7.18. The van der Waals surface area contributed by atoms with Crippen molar-refractivity contribution >= 4 is 54.3 Å². The van der Waals surface area contributed by atoms with Crippen LogP contribution in [0.25, 0.3) is 10.6 Å². The third kappa shape index (κ3) is 3.50. The molecule has 0 spiro atoms. The van der Waals surface area contributed by atoms with Gasteiger partial charge in [0.2, 0.25) is 4.34 Å². The van der Waals surface area contributed by atoms with Crippen molar-refractivity contribution in [2.24, 2.45) is 0 Å². The topological polar surface area (TPSA) is 106 Å². The molecule has 0 amide bonds. The molecular formula is C12H8ClN3O4S4. The standard InChI is InChI=1S/C12H8ClN3O4S4/c13-9-5-2-1-4-8(9)11-14-15-12(22-11)24(19,20)16-23(17,18)10-6-3-7-21-10/h1-7,16H. The molecule has 24 heavy (non-hydrogen) atoms. The van der Waals surface area contributed by atoms with Gasteiger partial charge < -0.3 is 0 Å². The Bertz CT molecular complexity index is 1080. The Morgan fingerprint density at radius 1 is 0.958 bits per heavy atom. The fourth-order valence-electron chi connectivity index (χ4n) is 1.70. The van der Waals surface area contributed by atoms with Crippen molar-refractivity contribution in [1.29, 1.82) is 0 Å². The average Bonchev–Trinajstić information content (AvgIpc) is 3.19. The molecular weight excluding hydrogens is 414 g/mol. The molecule has 126 valence electrons. The van der Waals surface area contributed by atoms with Gasteiger partial charge in [0.1, 0.15) is 9.22 Å². The van der Waals surface area contributed by atoms with E-state index in [1.165, 1.54) is 17.5 Å². The first-order valence-corrected chi connectivity index (χ1v) is 11.2. The molecule has 0 aliphatic heterocycles. The summed E-state index contributed by atoms with van der Waals surface area (Å²) in [6, 6.07) is 9.54. The lowest BCUT2D eigenvalue weighted by molar-refractivity contribution is 0.577. The molecule has 0 fully saturated rings. The van der Waals surface area contributed by atoms with E-state index in [9.17, 15) is 16.8 Å². The molecule has 0 saturated carbocycles. The van der Waals surface area contributed by atoms with Crippen LogP contribution in [0.15, 0.2) is 50.3 Å². The van der Waals surface area contributed by atoms with Crippen molar-refractivity contribution in [3.8, 4) is 10.6 Å². The quantitative estimate of drug-likeness (QED) is 0.678. The molecule has 3 aromatic rings. The van der Waals surface area contributed by atoms with Gasteiger partial charge in [-0.1, -0.05) is 51.3 Å². The van der Waals surface area contributed by atoms with E-state index >= 15 is 0 Å². The molecule has 1 N–H and O–H groups in total. The fraction of sp³-hybridized carbons (Fsp3) is 0. The van der Waals surface area contributed by atoms with Crippen LogP contribution in [0.4, 0.5) is 0 Å². The second-order valence-electron chi connectivity index (χ2n) is 4.38. The van der Waals surface area contributed by atoms with E-state index in [0.29, 0.717) is 10.6 Å². The number of nitrogens with zero attached hydrogens (tertiary/aromatic N) is 2. The zero-order chi connectivity index (χ0) is 17.4. The second kappa shape index (κ2) is 6.50. The van der Waals surface area contributed by atoms with Crippen LogP contribution in [0.3, 0.4) is 0 Å². The number of benzene rings is 1. The van der Waals surface area contributed by atoms with Crippen LogP contribution in [0.2, 0.25) is 5.02 Å². The molecule has 2 heterocycles. The van der Waals surface area contributed by atoms with Crippen molar-refractivity contribution in [1.82, 2.24) is 14.3 Å². The Morgan fingerprint density at radius 2 is 1.71 bits per heavy atom. The van der Waals surface area contributed by atoms with Crippen molar-refractivity contribution in [2.75, 3.05) is 0 Å². The molecule has 0 atom stereocenters. The first kappa shape index (κ1) is 17.5. The number of hydrogen-bond acceptors (Lipinski definition) is 8. The molecule has 0 bridgehead atoms. The van der Waals surface area contributed by atoms with Gasteiger partial charge in [0.25, 0.3) is 20.0 Å². The SMILES string of the molecule is O=S(=O)(NS(=O)(=O)c1nnc(-c2ccccc2Cl)s1)c1cccs1. The first-order chi connectivity index (χ1) is 11.3. The summed E-state index contributed by atoms with van der Waals surface area (Å²) >= 11 is 7.67. The maximum Gasteiger partial charge on any atom is 0.283 e. The maximum absolute atomic E-state index is 12.3. The average molecular weight is 422 g/mol.